The summed E-state index contributed by atoms with van der Waals surface area (Å²) < 4.78 is 60.5. The molecule has 0 saturated carbocycles. The molecule has 0 aromatic rings. The van der Waals surface area contributed by atoms with Gasteiger partial charge in [0.1, 0.15) is 128 Å². The zero-order valence-electron chi connectivity index (χ0n) is 32.8. The fourth-order valence-electron chi connectivity index (χ4n) is 7.87. The van der Waals surface area contributed by atoms with Gasteiger partial charge in [0.15, 0.2) is 37.7 Å². The van der Waals surface area contributed by atoms with Gasteiger partial charge >= 0.3 is 0 Å². The molecule has 28 heteroatoms. The molecular weight excluding hydrogens is 856 g/mol. The van der Waals surface area contributed by atoms with Gasteiger partial charge in [-0.15, -0.1) is 0 Å². The molecule has 6 fully saturated rings. The highest BCUT2D eigenvalue weighted by Crippen LogP contribution is 2.35. The number of aliphatic hydroxyl groups is 17. The summed E-state index contributed by atoms with van der Waals surface area (Å²) in [5, 5.41) is 177. The molecule has 6 saturated heterocycles. The van der Waals surface area contributed by atoms with Crippen LogP contribution in [0.5, 0.6) is 0 Å². The Morgan fingerprint density at radius 2 is 0.726 bits per heavy atom. The van der Waals surface area contributed by atoms with E-state index in [-0.39, 0.29) is 0 Å². The lowest BCUT2D eigenvalue weighted by molar-refractivity contribution is -0.387. The predicted octanol–water partition coefficient (Wildman–Crippen LogP) is -11.8. The first-order chi connectivity index (χ1) is 29.3. The van der Waals surface area contributed by atoms with Crippen molar-refractivity contribution < 1.29 is 139 Å². The Hall–Kier alpha value is -1.12. The molecule has 0 unspecified atom stereocenters. The minimum Gasteiger partial charge on any atom is -0.394 e. The third-order valence-electron chi connectivity index (χ3n) is 11.6. The Kier molecular flexibility index (Phi) is 17.2. The number of hydrogen-bond acceptors (Lipinski definition) is 28. The molecule has 0 aromatic carbocycles. The molecule has 0 amide bonds. The van der Waals surface area contributed by atoms with Crippen LogP contribution in [-0.2, 0) is 52.1 Å². The summed E-state index contributed by atoms with van der Waals surface area (Å²) in [6, 6.07) is 0. The van der Waals surface area contributed by atoms with Crippen LogP contribution in [0, 0.1) is 0 Å². The van der Waals surface area contributed by atoms with Gasteiger partial charge in [0.2, 0.25) is 0 Å². The van der Waals surface area contributed by atoms with E-state index in [4.69, 9.17) is 52.1 Å². The van der Waals surface area contributed by atoms with E-state index < -0.39 is 205 Å². The average molecular weight is 915 g/mol. The topological polar surface area (TPSA) is 445 Å². The lowest BCUT2D eigenvalue weighted by Gasteiger charge is -2.48. The Morgan fingerprint density at radius 3 is 1.23 bits per heavy atom. The van der Waals surface area contributed by atoms with E-state index in [1.165, 1.54) is 6.92 Å². The third kappa shape index (κ3) is 10.2. The van der Waals surface area contributed by atoms with Crippen LogP contribution in [0.1, 0.15) is 6.92 Å². The molecule has 6 rings (SSSR count). The molecule has 362 valence electrons. The molecule has 0 spiro atoms. The quantitative estimate of drug-likeness (QED) is 0.0815. The van der Waals surface area contributed by atoms with Gasteiger partial charge in [-0.05, 0) is 6.92 Å². The highest BCUT2D eigenvalue weighted by Gasteiger charge is 2.55. The summed E-state index contributed by atoms with van der Waals surface area (Å²) in [7, 11) is 0. The van der Waals surface area contributed by atoms with Gasteiger partial charge in [-0.25, -0.2) is 0 Å². The Labute approximate surface area is 350 Å². The molecule has 6 aliphatic rings. The van der Waals surface area contributed by atoms with Crippen LogP contribution in [0.4, 0.5) is 0 Å². The van der Waals surface area contributed by atoms with Crippen molar-refractivity contribution in [2.75, 3.05) is 33.0 Å². The second-order valence-corrected chi connectivity index (χ2v) is 15.8. The summed E-state index contributed by atoms with van der Waals surface area (Å²) in [4.78, 5) is 0. The molecule has 0 aromatic heterocycles. The summed E-state index contributed by atoms with van der Waals surface area (Å²) in [5.41, 5.74) is 0. The monoisotopic (exact) mass is 914 g/mol. The predicted molar refractivity (Wildman–Crippen MR) is 186 cm³/mol. The highest BCUT2D eigenvalue weighted by molar-refractivity contribution is 4.98. The number of ether oxygens (including phenoxy) is 11. The first-order valence-electron chi connectivity index (χ1n) is 19.8. The van der Waals surface area contributed by atoms with Crippen molar-refractivity contribution in [3.8, 4) is 0 Å². The van der Waals surface area contributed by atoms with Crippen molar-refractivity contribution in [3.05, 3.63) is 0 Å². The van der Waals surface area contributed by atoms with Gasteiger partial charge in [-0.3, -0.25) is 0 Å². The second-order valence-electron chi connectivity index (χ2n) is 15.8. The van der Waals surface area contributed by atoms with Gasteiger partial charge in [-0.2, -0.15) is 0 Å². The molecule has 28 atom stereocenters. The van der Waals surface area contributed by atoms with E-state index in [9.17, 15) is 86.8 Å². The molecule has 62 heavy (non-hydrogen) atoms. The fraction of sp³-hybridized carbons (Fsp3) is 1.00. The lowest BCUT2D eigenvalue weighted by Crippen LogP contribution is -2.67. The number of aliphatic hydroxyl groups excluding tert-OH is 17. The summed E-state index contributed by atoms with van der Waals surface area (Å²) >= 11 is 0. The number of hydrogen-bond donors (Lipinski definition) is 17. The summed E-state index contributed by atoms with van der Waals surface area (Å²) in [6.07, 6.45) is -48.2. The highest BCUT2D eigenvalue weighted by atomic mass is 16.8. The van der Waals surface area contributed by atoms with Crippen molar-refractivity contribution in [3.63, 3.8) is 0 Å². The SMILES string of the molecule is C[C@@H]1O[C@H](O[C@@H]2CO[C@@H](O)[C@H](O)[C@@H]2O)[C@H](O)[C@H](O)[C@H]1O[C@@H]1OC[C@@H](O[C@H]2O[C@@H](CO)[C@H](O[C@@H]3O[C@H](CO)[C@@H](O[C@@H]4O[C@H](CO)[C@@H](O)[C@@H](O)[C@@H]4O)[C@H](O)[C@@H]3O)[C@@H](O)[C@@H]2O)[C@H](O)[C@@H]1O. The van der Waals surface area contributed by atoms with Crippen LogP contribution in [0.25, 0.3) is 0 Å². The molecule has 28 nitrogen and oxygen atoms in total. The minimum absolute atomic E-state index is 0.398. The Morgan fingerprint density at radius 1 is 0.355 bits per heavy atom. The molecule has 6 aliphatic heterocycles. The Bertz CT molecular complexity index is 1380. The fourth-order valence-corrected chi connectivity index (χ4v) is 7.87. The van der Waals surface area contributed by atoms with Crippen LogP contribution < -0.4 is 0 Å². The lowest BCUT2D eigenvalue weighted by atomic mass is 9.96. The molecule has 6 heterocycles. The van der Waals surface area contributed by atoms with Crippen LogP contribution in [0.15, 0.2) is 0 Å². The van der Waals surface area contributed by atoms with Gasteiger partial charge in [0.05, 0.1) is 39.1 Å². The van der Waals surface area contributed by atoms with Crippen molar-refractivity contribution >= 4 is 0 Å². The van der Waals surface area contributed by atoms with E-state index in [2.05, 4.69) is 0 Å². The van der Waals surface area contributed by atoms with Crippen molar-refractivity contribution in [2.24, 2.45) is 0 Å². The normalized spacial score (nSPS) is 54.3. The van der Waals surface area contributed by atoms with Gasteiger partial charge in [0, 0.05) is 0 Å². The first kappa shape index (κ1) is 50.3. The summed E-state index contributed by atoms with van der Waals surface area (Å²) in [5.74, 6) is 0. The smallest absolute Gasteiger partial charge is 0.187 e. The van der Waals surface area contributed by atoms with Crippen LogP contribution in [0.2, 0.25) is 0 Å². The van der Waals surface area contributed by atoms with E-state index in [0.717, 1.165) is 0 Å². The molecule has 0 bridgehead atoms. The second kappa shape index (κ2) is 21.2. The molecular formula is C34H58O28. The van der Waals surface area contributed by atoms with E-state index in [1.54, 1.807) is 0 Å². The van der Waals surface area contributed by atoms with Crippen molar-refractivity contribution in [1.82, 2.24) is 0 Å². The van der Waals surface area contributed by atoms with Gasteiger partial charge < -0.3 is 139 Å². The van der Waals surface area contributed by atoms with Crippen molar-refractivity contribution in [2.45, 2.75) is 179 Å². The molecule has 17 N–H and O–H groups in total. The summed E-state index contributed by atoms with van der Waals surface area (Å²) in [6.45, 7) is -2.24. The molecule has 0 aliphatic carbocycles. The zero-order chi connectivity index (χ0) is 45.5. The van der Waals surface area contributed by atoms with Crippen molar-refractivity contribution in [1.29, 1.82) is 0 Å². The van der Waals surface area contributed by atoms with Crippen LogP contribution in [-0.4, -0.2) is 292 Å². The maximum absolute atomic E-state index is 11.1. The Balaban J connectivity index is 1.02. The van der Waals surface area contributed by atoms with Gasteiger partial charge in [0.25, 0.3) is 0 Å². The number of rotatable bonds is 13. The largest absolute Gasteiger partial charge is 0.394 e. The van der Waals surface area contributed by atoms with E-state index >= 15 is 0 Å². The average Bonchev–Trinajstić information content (AvgIpc) is 3.25. The van der Waals surface area contributed by atoms with Crippen LogP contribution >= 0.6 is 0 Å². The zero-order valence-corrected chi connectivity index (χ0v) is 32.8. The minimum atomic E-state index is -2.06. The van der Waals surface area contributed by atoms with Crippen LogP contribution in [0.3, 0.4) is 0 Å². The van der Waals surface area contributed by atoms with Gasteiger partial charge in [-0.1, -0.05) is 0 Å². The molecule has 0 radical (unpaired) electrons. The first-order valence-corrected chi connectivity index (χ1v) is 19.8. The standard InChI is InChI=1S/C34H58O28/c1-7-26(17(42)23(48)31(54-7)58-11-5-52-29(51)20(45)14(11)39)60-30-21(46)15(40)12(6-53-30)59-32-24(49)18(43)27(9(3-36)56-32)62-34-25(50)19(44)28(10(4-37)57-34)61-33-22(47)16(41)13(38)8(2-35)55-33/h7-51H,2-6H2,1H3/t7-,8+,9-,10+,11+,12+,13+,14+,15-,16+,17-,18-,19+,20+,21-,22-,23+,24-,25-,26-,27-,28+,29+,30-,31+,32+,33-,34-/m0/s1. The van der Waals surface area contributed by atoms with E-state index in [1.807, 2.05) is 0 Å². The third-order valence-corrected chi connectivity index (χ3v) is 11.6. The maximum atomic E-state index is 11.1. The van der Waals surface area contributed by atoms with E-state index in [0.29, 0.717) is 0 Å². The maximum Gasteiger partial charge on any atom is 0.187 e.